The van der Waals surface area contributed by atoms with E-state index in [0.29, 0.717) is 0 Å². The van der Waals surface area contributed by atoms with E-state index in [1.165, 1.54) is 0 Å². The topological polar surface area (TPSA) is 58.4 Å². The maximum Gasteiger partial charge on any atom is 0.260 e. The van der Waals surface area contributed by atoms with Gasteiger partial charge in [0.15, 0.2) is 0 Å². The Morgan fingerprint density at radius 2 is 1.71 bits per heavy atom. The molecule has 2 atom stereocenters. The third-order valence-corrected chi connectivity index (χ3v) is 6.86. The van der Waals surface area contributed by atoms with Gasteiger partial charge in [0.1, 0.15) is 0 Å². The first-order valence-corrected chi connectivity index (χ1v) is 11.1. The lowest BCUT2D eigenvalue weighted by Gasteiger charge is -2.32. The van der Waals surface area contributed by atoms with Crippen LogP contribution >= 0.6 is 0 Å². The molecule has 4 aromatic rings. The van der Waals surface area contributed by atoms with Crippen LogP contribution in [0, 0.1) is 0 Å². The van der Waals surface area contributed by atoms with Crippen LogP contribution in [0.25, 0.3) is 21.7 Å². The van der Waals surface area contributed by atoms with Crippen LogP contribution in [-0.2, 0) is 0 Å². The van der Waals surface area contributed by atoms with Crippen molar-refractivity contribution >= 4 is 27.4 Å². The summed E-state index contributed by atoms with van der Waals surface area (Å²) in [6, 6.07) is 20.7. The molecule has 0 bridgehead atoms. The van der Waals surface area contributed by atoms with Crippen molar-refractivity contribution in [2.75, 3.05) is 18.0 Å². The number of hydrogen-bond donors (Lipinski definition) is 1. The molecule has 1 N–H and O–H groups in total. The minimum absolute atomic E-state index is 0.0764. The average Bonchev–Trinajstić information content (AvgIpc) is 3.60. The predicted molar refractivity (Wildman–Crippen MR) is 124 cm³/mol. The van der Waals surface area contributed by atoms with E-state index in [-0.39, 0.29) is 23.6 Å². The van der Waals surface area contributed by atoms with E-state index >= 15 is 0 Å². The van der Waals surface area contributed by atoms with Gasteiger partial charge in [0.05, 0.1) is 22.7 Å². The number of para-hydroxylation sites is 1. The first kappa shape index (κ1) is 18.6. The molecule has 1 saturated carbocycles. The molecule has 0 amide bonds. The Kier molecular flexibility index (Phi) is 4.32. The number of fused-ring (bicyclic) bond motifs is 2. The third kappa shape index (κ3) is 3.20. The molecule has 2 aliphatic rings. The molecule has 1 aliphatic heterocycles. The molecule has 5 heteroatoms. The maximum atomic E-state index is 13.6. The Morgan fingerprint density at radius 1 is 0.903 bits per heavy atom. The fourth-order valence-corrected chi connectivity index (χ4v) is 5.01. The minimum Gasteiger partial charge on any atom is -0.393 e. The van der Waals surface area contributed by atoms with Crippen molar-refractivity contribution in [3.05, 3.63) is 82.9 Å². The number of hydrogen-bond acceptors (Lipinski definition) is 4. The number of anilines is 1. The van der Waals surface area contributed by atoms with Crippen molar-refractivity contribution in [3.8, 4) is 0 Å². The van der Waals surface area contributed by atoms with Crippen LogP contribution in [0.1, 0.15) is 36.9 Å². The van der Waals surface area contributed by atoms with Crippen LogP contribution in [0.15, 0.2) is 71.7 Å². The minimum atomic E-state index is -0.232. The molecular weight excluding hydrogens is 386 g/mol. The highest BCUT2D eigenvalue weighted by Crippen LogP contribution is 2.50. The molecule has 2 aromatic heterocycles. The summed E-state index contributed by atoms with van der Waals surface area (Å²) in [6.07, 6.45) is 4.14. The fourth-order valence-electron chi connectivity index (χ4n) is 5.01. The lowest BCUT2D eigenvalue weighted by Crippen LogP contribution is -2.36. The number of piperidine rings is 1. The summed E-state index contributed by atoms with van der Waals surface area (Å²) in [5.41, 5.74) is 3.14. The van der Waals surface area contributed by atoms with E-state index in [2.05, 4.69) is 29.2 Å². The number of nitrogens with zero attached hydrogens (tertiary/aromatic N) is 3. The smallest absolute Gasteiger partial charge is 0.260 e. The summed E-state index contributed by atoms with van der Waals surface area (Å²) < 4.78 is 1.91. The molecule has 2 aromatic carbocycles. The second kappa shape index (κ2) is 7.20. The molecule has 6 rings (SSSR count). The number of pyridine rings is 2. The fraction of sp³-hybridized carbons (Fsp3) is 0.308. The molecule has 3 heterocycles. The van der Waals surface area contributed by atoms with E-state index < -0.39 is 0 Å². The van der Waals surface area contributed by atoms with Gasteiger partial charge >= 0.3 is 0 Å². The Morgan fingerprint density at radius 3 is 2.58 bits per heavy atom. The largest absolute Gasteiger partial charge is 0.393 e. The van der Waals surface area contributed by atoms with Crippen molar-refractivity contribution < 1.29 is 5.11 Å². The van der Waals surface area contributed by atoms with Crippen LogP contribution in [0.3, 0.4) is 0 Å². The summed E-state index contributed by atoms with van der Waals surface area (Å²) in [5, 5.41) is 12.8. The highest BCUT2D eigenvalue weighted by molar-refractivity contribution is 5.93. The Hall–Kier alpha value is -3.18. The Bertz CT molecular complexity index is 1340. The van der Waals surface area contributed by atoms with Gasteiger partial charge in [-0.05, 0) is 48.9 Å². The molecule has 0 spiro atoms. The first-order valence-electron chi connectivity index (χ1n) is 11.1. The van der Waals surface area contributed by atoms with E-state index in [0.717, 1.165) is 65.4 Å². The number of benzene rings is 2. The highest BCUT2D eigenvalue weighted by Gasteiger charge is 2.41. The first-order chi connectivity index (χ1) is 15.2. The normalized spacial score (nSPS) is 21.6. The zero-order chi connectivity index (χ0) is 20.9. The summed E-state index contributed by atoms with van der Waals surface area (Å²) in [5.74, 6) is 0.275. The number of aromatic nitrogens is 2. The van der Waals surface area contributed by atoms with Gasteiger partial charge in [-0.25, -0.2) is 0 Å². The van der Waals surface area contributed by atoms with Gasteiger partial charge in [0.2, 0.25) is 0 Å². The summed E-state index contributed by atoms with van der Waals surface area (Å²) >= 11 is 0. The number of aliphatic hydroxyl groups excluding tert-OH is 1. The lowest BCUT2D eigenvalue weighted by molar-refractivity contribution is 0.145. The second-order valence-corrected chi connectivity index (χ2v) is 8.83. The van der Waals surface area contributed by atoms with E-state index in [9.17, 15) is 9.90 Å². The maximum absolute atomic E-state index is 13.6. The summed E-state index contributed by atoms with van der Waals surface area (Å²) in [4.78, 5) is 20.7. The SMILES string of the molecule is O=c1c2c(N3CCC(O)CC3)cccc2ccn1[C@@H]1C[C@H]1c1ccc2ccccc2n1. The third-order valence-electron chi connectivity index (χ3n) is 6.86. The van der Waals surface area contributed by atoms with Gasteiger partial charge in [0, 0.05) is 42.3 Å². The molecule has 5 nitrogen and oxygen atoms in total. The predicted octanol–water partition coefficient (Wildman–Crippen LogP) is 4.24. The van der Waals surface area contributed by atoms with Crippen molar-refractivity contribution in [1.82, 2.24) is 9.55 Å². The van der Waals surface area contributed by atoms with Gasteiger partial charge in [-0.3, -0.25) is 9.78 Å². The van der Waals surface area contributed by atoms with Gasteiger partial charge in [-0.1, -0.05) is 36.4 Å². The number of aliphatic hydroxyl groups is 1. The summed E-state index contributed by atoms with van der Waals surface area (Å²) in [6.45, 7) is 1.56. The molecule has 1 aliphatic carbocycles. The van der Waals surface area contributed by atoms with Crippen LogP contribution in [0.5, 0.6) is 0 Å². The van der Waals surface area contributed by atoms with Gasteiger partial charge in [-0.15, -0.1) is 0 Å². The van der Waals surface area contributed by atoms with Crippen LogP contribution in [-0.4, -0.2) is 33.9 Å². The van der Waals surface area contributed by atoms with Crippen LogP contribution < -0.4 is 10.5 Å². The van der Waals surface area contributed by atoms with Gasteiger partial charge < -0.3 is 14.6 Å². The van der Waals surface area contributed by atoms with Crippen LogP contribution in [0.2, 0.25) is 0 Å². The van der Waals surface area contributed by atoms with Crippen molar-refractivity contribution in [2.45, 2.75) is 37.3 Å². The zero-order valence-corrected chi connectivity index (χ0v) is 17.3. The van der Waals surface area contributed by atoms with E-state index in [4.69, 9.17) is 4.98 Å². The molecule has 156 valence electrons. The van der Waals surface area contributed by atoms with Crippen LogP contribution in [0.4, 0.5) is 5.69 Å². The Balaban J connectivity index is 1.36. The molecular formula is C26H25N3O2. The molecule has 1 saturated heterocycles. The average molecular weight is 412 g/mol. The van der Waals surface area contributed by atoms with Crippen molar-refractivity contribution in [3.63, 3.8) is 0 Å². The molecule has 31 heavy (non-hydrogen) atoms. The zero-order valence-electron chi connectivity index (χ0n) is 17.3. The van der Waals surface area contributed by atoms with Crippen molar-refractivity contribution in [2.24, 2.45) is 0 Å². The molecule has 0 unspecified atom stereocenters. The second-order valence-electron chi connectivity index (χ2n) is 8.83. The number of rotatable bonds is 3. The highest BCUT2D eigenvalue weighted by atomic mass is 16.3. The standard InChI is InChI=1S/C26H25N3O2/c30-19-11-13-28(14-12-19)23-7-3-5-18-10-15-29(26(31)25(18)23)24-16-20(24)22-9-8-17-4-1-2-6-21(17)27-22/h1-10,15,19-20,24,30H,11-14,16H2/t20-,24+/m0/s1. The lowest BCUT2D eigenvalue weighted by atomic mass is 10.0. The molecule has 2 fully saturated rings. The summed E-state index contributed by atoms with van der Waals surface area (Å²) in [7, 11) is 0. The van der Waals surface area contributed by atoms with Gasteiger partial charge in [-0.2, -0.15) is 0 Å². The quantitative estimate of drug-likeness (QED) is 0.548. The monoisotopic (exact) mass is 411 g/mol. The van der Waals surface area contributed by atoms with Crippen molar-refractivity contribution in [1.29, 1.82) is 0 Å². The Labute approximate surface area is 180 Å². The van der Waals surface area contributed by atoms with Gasteiger partial charge in [0.25, 0.3) is 5.56 Å². The van der Waals surface area contributed by atoms with E-state index in [1.807, 2.05) is 47.2 Å². The molecule has 0 radical (unpaired) electrons. The van der Waals surface area contributed by atoms with E-state index in [1.54, 1.807) is 0 Å².